The van der Waals surface area contributed by atoms with Crippen LogP contribution in [-0.4, -0.2) is 17.2 Å². The third kappa shape index (κ3) is 3.65. The molecule has 0 saturated carbocycles. The zero-order valence-corrected chi connectivity index (χ0v) is 9.21. The van der Waals surface area contributed by atoms with Crippen molar-refractivity contribution in [2.45, 2.75) is 26.1 Å². The molecule has 0 atom stereocenters. The van der Waals surface area contributed by atoms with Crippen LogP contribution in [0.15, 0.2) is 18.2 Å². The maximum Gasteiger partial charge on any atom is 0.416 e. The fourth-order valence-corrected chi connectivity index (χ4v) is 1.23. The molecule has 1 rings (SSSR count). The van der Waals surface area contributed by atoms with Crippen LogP contribution in [0, 0.1) is 0 Å². The molecule has 94 valence electrons. The minimum absolute atomic E-state index is 0.104. The second-order valence-electron chi connectivity index (χ2n) is 3.72. The van der Waals surface area contributed by atoms with Crippen LogP contribution < -0.4 is 4.74 Å². The van der Waals surface area contributed by atoms with Crippen molar-refractivity contribution in [2.24, 2.45) is 0 Å². The van der Waals surface area contributed by atoms with Crippen LogP contribution in [0.5, 0.6) is 5.75 Å². The largest absolute Gasteiger partial charge is 0.491 e. The first kappa shape index (κ1) is 13.3. The zero-order valence-electron chi connectivity index (χ0n) is 9.21. The Bertz CT molecular complexity index is 424. The summed E-state index contributed by atoms with van der Waals surface area (Å²) in [5.74, 6) is -1.53. The fraction of sp³-hybridized carbons (Fsp3) is 0.364. The number of halogens is 3. The number of hydrogen-bond donors (Lipinski definition) is 1. The molecule has 6 heteroatoms. The van der Waals surface area contributed by atoms with Gasteiger partial charge in [0.05, 0.1) is 17.2 Å². The Balaban J connectivity index is 3.24. The van der Waals surface area contributed by atoms with Crippen molar-refractivity contribution >= 4 is 5.97 Å². The van der Waals surface area contributed by atoms with Crippen molar-refractivity contribution < 1.29 is 27.8 Å². The molecule has 0 bridgehead atoms. The molecule has 0 unspecified atom stereocenters. The number of ether oxygens (including phenoxy) is 1. The minimum Gasteiger partial charge on any atom is -0.491 e. The lowest BCUT2D eigenvalue weighted by Crippen LogP contribution is -2.11. The van der Waals surface area contributed by atoms with Crippen molar-refractivity contribution in [1.29, 1.82) is 0 Å². The van der Waals surface area contributed by atoms with Gasteiger partial charge in [-0.1, -0.05) is 0 Å². The van der Waals surface area contributed by atoms with Gasteiger partial charge in [-0.25, -0.2) is 4.79 Å². The van der Waals surface area contributed by atoms with Crippen LogP contribution in [0.3, 0.4) is 0 Å². The first-order valence-corrected chi connectivity index (χ1v) is 4.82. The topological polar surface area (TPSA) is 46.5 Å². The van der Waals surface area contributed by atoms with Crippen LogP contribution in [0.1, 0.15) is 29.8 Å². The zero-order chi connectivity index (χ0) is 13.2. The highest BCUT2D eigenvalue weighted by atomic mass is 19.4. The molecule has 0 aliphatic rings. The number of aromatic carboxylic acids is 1. The molecule has 1 N–H and O–H groups in total. The minimum atomic E-state index is -4.60. The monoisotopic (exact) mass is 248 g/mol. The van der Waals surface area contributed by atoms with Crippen LogP contribution >= 0.6 is 0 Å². The van der Waals surface area contributed by atoms with Crippen molar-refractivity contribution in [3.63, 3.8) is 0 Å². The number of carbonyl (C=O) groups is 1. The molecular weight excluding hydrogens is 237 g/mol. The molecule has 17 heavy (non-hydrogen) atoms. The molecule has 0 radical (unpaired) electrons. The lowest BCUT2D eigenvalue weighted by molar-refractivity contribution is -0.137. The number of carboxylic acids is 1. The molecule has 0 fully saturated rings. The van der Waals surface area contributed by atoms with E-state index in [0.717, 1.165) is 12.1 Å². The summed E-state index contributed by atoms with van der Waals surface area (Å²) in [6.45, 7) is 3.28. The van der Waals surface area contributed by atoms with E-state index < -0.39 is 23.3 Å². The van der Waals surface area contributed by atoms with Crippen molar-refractivity contribution in [2.75, 3.05) is 0 Å². The summed E-state index contributed by atoms with van der Waals surface area (Å²) in [6.07, 6.45) is -4.93. The maximum atomic E-state index is 12.5. The van der Waals surface area contributed by atoms with Crippen LogP contribution in [-0.2, 0) is 6.18 Å². The Hall–Kier alpha value is -1.72. The predicted octanol–water partition coefficient (Wildman–Crippen LogP) is 3.19. The number of hydrogen-bond acceptors (Lipinski definition) is 2. The van der Waals surface area contributed by atoms with E-state index in [1.54, 1.807) is 13.8 Å². The highest BCUT2D eigenvalue weighted by Crippen LogP contribution is 2.32. The molecule has 3 nitrogen and oxygen atoms in total. The smallest absolute Gasteiger partial charge is 0.416 e. The van der Waals surface area contributed by atoms with Gasteiger partial charge in [-0.2, -0.15) is 13.2 Å². The Morgan fingerprint density at radius 2 is 1.88 bits per heavy atom. The molecule has 1 aromatic rings. The maximum absolute atomic E-state index is 12.5. The molecule has 0 aromatic heterocycles. The summed E-state index contributed by atoms with van der Waals surface area (Å²) in [7, 11) is 0. The van der Waals surface area contributed by atoms with Gasteiger partial charge >= 0.3 is 12.1 Å². The molecule has 0 aliphatic carbocycles. The third-order valence-electron chi connectivity index (χ3n) is 1.85. The number of alkyl halides is 3. The standard InChI is InChI=1S/C11H11F3O3/c1-6(2)17-9-4-7(10(15)16)3-8(5-9)11(12,13)14/h3-6H,1-2H3,(H,15,16). The van der Waals surface area contributed by atoms with E-state index in [2.05, 4.69) is 0 Å². The average molecular weight is 248 g/mol. The van der Waals surface area contributed by atoms with Crippen LogP contribution in [0.2, 0.25) is 0 Å². The van der Waals surface area contributed by atoms with Gasteiger partial charge in [0.2, 0.25) is 0 Å². The van der Waals surface area contributed by atoms with Gasteiger partial charge in [-0.15, -0.1) is 0 Å². The van der Waals surface area contributed by atoms with Gasteiger partial charge in [0.25, 0.3) is 0 Å². The quantitative estimate of drug-likeness (QED) is 0.893. The van der Waals surface area contributed by atoms with Crippen molar-refractivity contribution in [1.82, 2.24) is 0 Å². The highest BCUT2D eigenvalue weighted by Gasteiger charge is 2.32. The summed E-state index contributed by atoms with van der Waals surface area (Å²) >= 11 is 0. The average Bonchev–Trinajstić information content (AvgIpc) is 2.14. The van der Waals surface area contributed by atoms with E-state index in [1.165, 1.54) is 0 Å². The molecule has 0 spiro atoms. The lowest BCUT2D eigenvalue weighted by atomic mass is 10.1. The van der Waals surface area contributed by atoms with E-state index in [1.807, 2.05) is 0 Å². The fourth-order valence-electron chi connectivity index (χ4n) is 1.23. The van der Waals surface area contributed by atoms with Gasteiger partial charge in [-0.3, -0.25) is 0 Å². The summed E-state index contributed by atoms with van der Waals surface area (Å²) in [6, 6.07) is 2.43. The summed E-state index contributed by atoms with van der Waals surface area (Å²) in [5, 5.41) is 8.71. The van der Waals surface area contributed by atoms with Gasteiger partial charge in [0.1, 0.15) is 5.75 Å². The normalized spacial score (nSPS) is 11.6. The second kappa shape index (κ2) is 4.65. The number of carboxylic acid groups (broad SMARTS) is 1. The predicted molar refractivity (Wildman–Crippen MR) is 54.2 cm³/mol. The Kier molecular flexibility index (Phi) is 3.65. The van der Waals surface area contributed by atoms with Gasteiger partial charge in [0.15, 0.2) is 0 Å². The Morgan fingerprint density at radius 3 is 2.29 bits per heavy atom. The van der Waals surface area contributed by atoms with Crippen molar-refractivity contribution in [3.05, 3.63) is 29.3 Å². The van der Waals surface area contributed by atoms with E-state index >= 15 is 0 Å². The highest BCUT2D eigenvalue weighted by molar-refractivity contribution is 5.88. The van der Waals surface area contributed by atoms with Gasteiger partial charge < -0.3 is 9.84 Å². The molecule has 0 aliphatic heterocycles. The van der Waals surface area contributed by atoms with E-state index in [4.69, 9.17) is 9.84 Å². The molecule has 0 heterocycles. The number of benzene rings is 1. The Labute approximate surface area is 95.8 Å². The Morgan fingerprint density at radius 1 is 1.29 bits per heavy atom. The van der Waals surface area contributed by atoms with Gasteiger partial charge in [-0.05, 0) is 32.0 Å². The molecule has 0 saturated heterocycles. The molecule has 0 amide bonds. The number of rotatable bonds is 3. The van der Waals surface area contributed by atoms with Crippen LogP contribution in [0.4, 0.5) is 13.2 Å². The van der Waals surface area contributed by atoms with E-state index in [0.29, 0.717) is 6.07 Å². The van der Waals surface area contributed by atoms with Gasteiger partial charge in [0, 0.05) is 0 Å². The van der Waals surface area contributed by atoms with Crippen LogP contribution in [0.25, 0.3) is 0 Å². The first-order chi connectivity index (χ1) is 7.70. The first-order valence-electron chi connectivity index (χ1n) is 4.82. The molecular formula is C11H11F3O3. The second-order valence-corrected chi connectivity index (χ2v) is 3.72. The summed E-state index contributed by atoms with van der Waals surface area (Å²) < 4.78 is 42.6. The lowest BCUT2D eigenvalue weighted by Gasteiger charge is -2.13. The summed E-state index contributed by atoms with van der Waals surface area (Å²) in [4.78, 5) is 10.7. The van der Waals surface area contributed by atoms with Crippen molar-refractivity contribution in [3.8, 4) is 5.75 Å². The molecule has 1 aromatic carbocycles. The third-order valence-corrected chi connectivity index (χ3v) is 1.85. The summed E-state index contributed by atoms with van der Waals surface area (Å²) in [5.41, 5.74) is -1.48. The van der Waals surface area contributed by atoms with E-state index in [9.17, 15) is 18.0 Å². The van der Waals surface area contributed by atoms with E-state index in [-0.39, 0.29) is 11.9 Å². The SMILES string of the molecule is CC(C)Oc1cc(C(=O)O)cc(C(F)(F)F)c1.